The standard InChI is InChI=1S/C22H28N2O6S/c1-14-15(2)22(26)30-21-16(3)19(5-4-18(14)21)29-12-20(25)24-9-7-23(8-10-24)17-6-11-31(27,28)13-17/h4-5,17H,6-13H2,1-3H3/t17-/m0/s1. The van der Waals surface area contributed by atoms with Crippen LogP contribution in [0.3, 0.4) is 0 Å². The second-order valence-electron chi connectivity index (χ2n) is 8.47. The van der Waals surface area contributed by atoms with E-state index >= 15 is 0 Å². The molecule has 1 atom stereocenters. The summed E-state index contributed by atoms with van der Waals surface area (Å²) in [6.45, 7) is 7.80. The van der Waals surface area contributed by atoms with Crippen molar-refractivity contribution in [3.8, 4) is 5.75 Å². The van der Waals surface area contributed by atoms with Crippen molar-refractivity contribution in [2.45, 2.75) is 33.2 Å². The number of aryl methyl sites for hydroxylation is 2. The molecule has 1 aromatic carbocycles. The molecule has 168 valence electrons. The van der Waals surface area contributed by atoms with Crippen LogP contribution in [0.15, 0.2) is 21.3 Å². The Hall–Kier alpha value is -2.39. The molecule has 0 saturated carbocycles. The first kappa shape index (κ1) is 21.8. The van der Waals surface area contributed by atoms with Gasteiger partial charge in [0.15, 0.2) is 16.4 Å². The summed E-state index contributed by atoms with van der Waals surface area (Å²) in [4.78, 5) is 28.6. The molecule has 0 N–H and O–H groups in total. The lowest BCUT2D eigenvalue weighted by atomic mass is 10.0. The molecule has 0 radical (unpaired) electrons. The predicted molar refractivity (Wildman–Crippen MR) is 117 cm³/mol. The van der Waals surface area contributed by atoms with Gasteiger partial charge in [0.2, 0.25) is 0 Å². The van der Waals surface area contributed by atoms with E-state index in [2.05, 4.69) is 4.90 Å². The highest BCUT2D eigenvalue weighted by Gasteiger charge is 2.34. The first-order valence-corrected chi connectivity index (χ1v) is 12.4. The molecule has 0 bridgehead atoms. The van der Waals surface area contributed by atoms with Crippen LogP contribution in [0.1, 0.15) is 23.1 Å². The highest BCUT2D eigenvalue weighted by molar-refractivity contribution is 7.91. The number of amides is 1. The molecule has 8 nitrogen and oxygen atoms in total. The van der Waals surface area contributed by atoms with Crippen molar-refractivity contribution in [3.63, 3.8) is 0 Å². The van der Waals surface area contributed by atoms with Gasteiger partial charge in [-0.05, 0) is 44.9 Å². The number of carbonyl (C=O) groups excluding carboxylic acids is 1. The maximum absolute atomic E-state index is 12.6. The monoisotopic (exact) mass is 448 g/mol. The molecule has 1 amide bonds. The molecule has 0 aliphatic carbocycles. The number of rotatable bonds is 4. The van der Waals surface area contributed by atoms with Gasteiger partial charge < -0.3 is 14.1 Å². The molecular weight excluding hydrogens is 420 g/mol. The Labute approximate surface area is 181 Å². The molecule has 2 aromatic rings. The molecule has 2 saturated heterocycles. The van der Waals surface area contributed by atoms with Gasteiger partial charge in [-0.3, -0.25) is 9.69 Å². The number of fused-ring (bicyclic) bond motifs is 1. The minimum atomic E-state index is -2.91. The summed E-state index contributed by atoms with van der Waals surface area (Å²) in [5.41, 5.74) is 2.28. The van der Waals surface area contributed by atoms with Crippen LogP contribution in [-0.2, 0) is 14.6 Å². The minimum Gasteiger partial charge on any atom is -0.483 e. The van der Waals surface area contributed by atoms with Crippen molar-refractivity contribution in [1.29, 1.82) is 0 Å². The van der Waals surface area contributed by atoms with Crippen LogP contribution in [0.4, 0.5) is 0 Å². The van der Waals surface area contributed by atoms with Gasteiger partial charge in [-0.2, -0.15) is 0 Å². The number of hydrogen-bond acceptors (Lipinski definition) is 7. The second-order valence-corrected chi connectivity index (χ2v) is 10.7. The van der Waals surface area contributed by atoms with Crippen LogP contribution in [0.25, 0.3) is 11.0 Å². The first-order valence-electron chi connectivity index (χ1n) is 10.5. The lowest BCUT2D eigenvalue weighted by molar-refractivity contribution is -0.135. The van der Waals surface area contributed by atoms with Crippen LogP contribution in [0.2, 0.25) is 0 Å². The number of hydrogen-bond donors (Lipinski definition) is 0. The smallest absolute Gasteiger partial charge is 0.339 e. The van der Waals surface area contributed by atoms with Crippen molar-refractivity contribution >= 4 is 26.7 Å². The molecule has 4 rings (SSSR count). The van der Waals surface area contributed by atoms with Crippen molar-refractivity contribution < 1.29 is 22.4 Å². The third-order valence-corrected chi connectivity index (χ3v) is 8.32. The number of benzene rings is 1. The Balaban J connectivity index is 1.37. The molecular formula is C22H28N2O6S. The molecule has 0 unspecified atom stereocenters. The summed E-state index contributed by atoms with van der Waals surface area (Å²) < 4.78 is 34.7. The average Bonchev–Trinajstić information content (AvgIpc) is 3.12. The third-order valence-electron chi connectivity index (χ3n) is 6.57. The quantitative estimate of drug-likeness (QED) is 0.653. The zero-order valence-corrected chi connectivity index (χ0v) is 19.0. The van der Waals surface area contributed by atoms with Crippen molar-refractivity contribution in [2.24, 2.45) is 0 Å². The number of nitrogens with zero attached hydrogens (tertiary/aromatic N) is 2. The molecule has 1 aromatic heterocycles. The van der Waals surface area contributed by atoms with Gasteiger partial charge in [0.1, 0.15) is 11.3 Å². The Morgan fingerprint density at radius 1 is 1.10 bits per heavy atom. The van der Waals surface area contributed by atoms with E-state index in [0.29, 0.717) is 55.1 Å². The van der Waals surface area contributed by atoms with Crippen molar-refractivity contribution in [2.75, 3.05) is 44.3 Å². The summed E-state index contributed by atoms with van der Waals surface area (Å²) in [6.07, 6.45) is 0.676. The zero-order chi connectivity index (χ0) is 22.3. The van der Waals surface area contributed by atoms with E-state index in [-0.39, 0.29) is 35.7 Å². The van der Waals surface area contributed by atoms with Crippen molar-refractivity contribution in [3.05, 3.63) is 39.2 Å². The Bertz CT molecular complexity index is 1180. The van der Waals surface area contributed by atoms with Crippen LogP contribution >= 0.6 is 0 Å². The van der Waals surface area contributed by atoms with E-state index < -0.39 is 9.84 Å². The Morgan fingerprint density at radius 3 is 2.45 bits per heavy atom. The number of sulfone groups is 1. The Morgan fingerprint density at radius 2 is 1.81 bits per heavy atom. The molecule has 9 heteroatoms. The van der Waals surface area contributed by atoms with E-state index in [1.165, 1.54) is 0 Å². The van der Waals surface area contributed by atoms with E-state index in [9.17, 15) is 18.0 Å². The van der Waals surface area contributed by atoms with E-state index in [1.807, 2.05) is 19.9 Å². The number of carbonyl (C=O) groups is 1. The van der Waals surface area contributed by atoms with Crippen LogP contribution < -0.4 is 10.4 Å². The highest BCUT2D eigenvalue weighted by Crippen LogP contribution is 2.29. The van der Waals surface area contributed by atoms with Gasteiger partial charge in [0, 0.05) is 48.7 Å². The molecule has 3 heterocycles. The van der Waals surface area contributed by atoms with Crippen molar-refractivity contribution in [1.82, 2.24) is 9.80 Å². The van der Waals surface area contributed by atoms with Crippen LogP contribution in [0, 0.1) is 20.8 Å². The van der Waals surface area contributed by atoms with Crippen LogP contribution in [-0.4, -0.2) is 74.5 Å². The molecule has 2 aliphatic rings. The fourth-order valence-electron chi connectivity index (χ4n) is 4.41. The largest absolute Gasteiger partial charge is 0.483 e. The maximum Gasteiger partial charge on any atom is 0.339 e. The Kier molecular flexibility index (Phi) is 5.83. The zero-order valence-electron chi connectivity index (χ0n) is 18.1. The average molecular weight is 449 g/mol. The molecule has 2 fully saturated rings. The highest BCUT2D eigenvalue weighted by atomic mass is 32.2. The van der Waals surface area contributed by atoms with Gasteiger partial charge in [-0.25, -0.2) is 13.2 Å². The molecule has 0 spiro atoms. The molecule has 31 heavy (non-hydrogen) atoms. The van der Waals surface area contributed by atoms with E-state index in [1.54, 1.807) is 17.9 Å². The van der Waals surface area contributed by atoms with E-state index in [0.717, 1.165) is 10.9 Å². The summed E-state index contributed by atoms with van der Waals surface area (Å²) in [7, 11) is -2.91. The summed E-state index contributed by atoms with van der Waals surface area (Å²) in [5.74, 6) is 0.886. The first-order chi connectivity index (χ1) is 14.7. The van der Waals surface area contributed by atoms with Gasteiger partial charge in [0.05, 0.1) is 11.5 Å². The summed E-state index contributed by atoms with van der Waals surface area (Å²) in [6, 6.07) is 3.72. The second kappa shape index (κ2) is 8.27. The summed E-state index contributed by atoms with van der Waals surface area (Å²) >= 11 is 0. The summed E-state index contributed by atoms with van der Waals surface area (Å²) in [5, 5.41) is 0.860. The van der Waals surface area contributed by atoms with Gasteiger partial charge >= 0.3 is 5.63 Å². The van der Waals surface area contributed by atoms with Gasteiger partial charge in [0.25, 0.3) is 5.91 Å². The fourth-order valence-corrected chi connectivity index (χ4v) is 6.17. The maximum atomic E-state index is 12.6. The SMILES string of the molecule is Cc1c(C)c2ccc(OCC(=O)N3CCN([C@H]4CCS(=O)(=O)C4)CC3)c(C)c2oc1=O. The predicted octanol–water partition coefficient (Wildman–Crippen LogP) is 1.43. The number of piperazine rings is 1. The lowest BCUT2D eigenvalue weighted by Gasteiger charge is -2.37. The van der Waals surface area contributed by atoms with Gasteiger partial charge in [-0.15, -0.1) is 0 Å². The molecule has 2 aliphatic heterocycles. The minimum absolute atomic E-state index is 0.0699. The third kappa shape index (κ3) is 4.34. The topological polar surface area (TPSA) is 97.1 Å². The van der Waals surface area contributed by atoms with Gasteiger partial charge in [-0.1, -0.05) is 0 Å². The van der Waals surface area contributed by atoms with Crippen LogP contribution in [0.5, 0.6) is 5.75 Å². The number of ether oxygens (including phenoxy) is 1. The normalized spacial score (nSPS) is 21.5. The lowest BCUT2D eigenvalue weighted by Crippen LogP contribution is -2.53. The van der Waals surface area contributed by atoms with E-state index in [4.69, 9.17) is 9.15 Å². The fraction of sp³-hybridized carbons (Fsp3) is 0.545.